The van der Waals surface area contributed by atoms with E-state index in [-0.39, 0.29) is 5.82 Å². The lowest BCUT2D eigenvalue weighted by Crippen LogP contribution is -2.31. The van der Waals surface area contributed by atoms with Crippen molar-refractivity contribution >= 4 is 11.6 Å². The Morgan fingerprint density at radius 1 is 1.35 bits per heavy atom. The Balaban J connectivity index is 2.89. The smallest absolute Gasteiger partial charge is 0.370 e. The number of aromatic nitrogens is 2. The highest BCUT2D eigenvalue weighted by molar-refractivity contribution is 5.48. The molecule has 0 aromatic carbocycles. The Morgan fingerprint density at radius 3 is 2.53 bits per heavy atom. The Bertz CT molecular complexity index is 378. The SMILES string of the molecule is CCNc1cc(N(C)CC(F)(F)F)nc(C)n1. The first-order chi connectivity index (χ1) is 7.81. The third-order valence-corrected chi connectivity index (χ3v) is 1.99. The Labute approximate surface area is 97.9 Å². The lowest BCUT2D eigenvalue weighted by atomic mass is 10.4. The van der Waals surface area contributed by atoms with Crippen LogP contribution in [0.15, 0.2) is 6.07 Å². The van der Waals surface area contributed by atoms with E-state index in [0.29, 0.717) is 18.2 Å². The highest BCUT2D eigenvalue weighted by Gasteiger charge is 2.30. The molecule has 0 atom stereocenters. The van der Waals surface area contributed by atoms with Crippen LogP contribution in [0.2, 0.25) is 0 Å². The van der Waals surface area contributed by atoms with E-state index in [4.69, 9.17) is 0 Å². The second kappa shape index (κ2) is 5.20. The van der Waals surface area contributed by atoms with Crippen molar-refractivity contribution in [3.05, 3.63) is 11.9 Å². The fourth-order valence-electron chi connectivity index (χ4n) is 1.37. The third-order valence-electron chi connectivity index (χ3n) is 1.99. The summed E-state index contributed by atoms with van der Waals surface area (Å²) in [5.41, 5.74) is 0. The number of nitrogens with one attached hydrogen (secondary N) is 1. The Hall–Kier alpha value is -1.53. The van der Waals surface area contributed by atoms with Gasteiger partial charge >= 0.3 is 6.18 Å². The van der Waals surface area contributed by atoms with Gasteiger partial charge in [0.15, 0.2) is 0 Å². The molecule has 1 heterocycles. The minimum atomic E-state index is -4.24. The molecule has 0 saturated heterocycles. The minimum Gasteiger partial charge on any atom is -0.370 e. The van der Waals surface area contributed by atoms with Gasteiger partial charge in [-0.15, -0.1) is 0 Å². The van der Waals surface area contributed by atoms with Crippen LogP contribution in [0, 0.1) is 6.92 Å². The zero-order valence-electron chi connectivity index (χ0n) is 9.97. The lowest BCUT2D eigenvalue weighted by molar-refractivity contribution is -0.119. The van der Waals surface area contributed by atoms with E-state index in [9.17, 15) is 13.2 Å². The molecule has 0 spiro atoms. The summed E-state index contributed by atoms with van der Waals surface area (Å²) >= 11 is 0. The molecule has 0 bridgehead atoms. The first-order valence-corrected chi connectivity index (χ1v) is 5.19. The van der Waals surface area contributed by atoms with Crippen LogP contribution < -0.4 is 10.2 Å². The van der Waals surface area contributed by atoms with E-state index < -0.39 is 12.7 Å². The third kappa shape index (κ3) is 4.46. The second-order valence-corrected chi connectivity index (χ2v) is 3.66. The molecule has 96 valence electrons. The number of nitrogens with zero attached hydrogens (tertiary/aromatic N) is 3. The summed E-state index contributed by atoms with van der Waals surface area (Å²) in [4.78, 5) is 9.10. The standard InChI is InChI=1S/C10H15F3N4/c1-4-14-8-5-9(16-7(2)15-8)17(3)6-10(11,12)13/h5H,4,6H2,1-3H3,(H,14,15,16). The van der Waals surface area contributed by atoms with Gasteiger partial charge in [0, 0.05) is 19.7 Å². The second-order valence-electron chi connectivity index (χ2n) is 3.66. The summed E-state index contributed by atoms with van der Waals surface area (Å²) in [6.07, 6.45) is -4.24. The van der Waals surface area contributed by atoms with Crippen molar-refractivity contribution in [3.63, 3.8) is 0 Å². The van der Waals surface area contributed by atoms with Crippen LogP contribution in [-0.2, 0) is 0 Å². The number of halogens is 3. The molecule has 4 nitrogen and oxygen atoms in total. The molecule has 1 aromatic heterocycles. The Morgan fingerprint density at radius 2 is 2.00 bits per heavy atom. The molecule has 0 aliphatic carbocycles. The molecular weight excluding hydrogens is 233 g/mol. The summed E-state index contributed by atoms with van der Waals surface area (Å²) in [6.45, 7) is 3.15. The van der Waals surface area contributed by atoms with Gasteiger partial charge in [-0.3, -0.25) is 0 Å². The molecule has 17 heavy (non-hydrogen) atoms. The van der Waals surface area contributed by atoms with Gasteiger partial charge in [0.1, 0.15) is 24.0 Å². The monoisotopic (exact) mass is 248 g/mol. The van der Waals surface area contributed by atoms with Crippen LogP contribution in [0.25, 0.3) is 0 Å². The van der Waals surface area contributed by atoms with Crippen molar-refractivity contribution in [2.75, 3.05) is 30.4 Å². The summed E-state index contributed by atoms with van der Waals surface area (Å²) in [7, 11) is 1.35. The highest BCUT2D eigenvalue weighted by atomic mass is 19.4. The van der Waals surface area contributed by atoms with Crippen LogP contribution in [-0.4, -0.2) is 36.3 Å². The van der Waals surface area contributed by atoms with Gasteiger partial charge in [-0.1, -0.05) is 0 Å². The minimum absolute atomic E-state index is 0.255. The van der Waals surface area contributed by atoms with E-state index in [1.54, 1.807) is 6.92 Å². The van der Waals surface area contributed by atoms with Gasteiger partial charge in [-0.25, -0.2) is 9.97 Å². The van der Waals surface area contributed by atoms with Crippen molar-refractivity contribution in [2.24, 2.45) is 0 Å². The van der Waals surface area contributed by atoms with Crippen molar-refractivity contribution in [1.29, 1.82) is 0 Å². The van der Waals surface area contributed by atoms with Crippen LogP contribution in [0.3, 0.4) is 0 Å². The lowest BCUT2D eigenvalue weighted by Gasteiger charge is -2.20. The zero-order valence-corrected chi connectivity index (χ0v) is 9.97. The van der Waals surface area contributed by atoms with E-state index in [1.807, 2.05) is 6.92 Å². The molecule has 1 aromatic rings. The van der Waals surface area contributed by atoms with Crippen molar-refractivity contribution < 1.29 is 13.2 Å². The highest BCUT2D eigenvalue weighted by Crippen LogP contribution is 2.21. The summed E-state index contributed by atoms with van der Waals surface area (Å²) < 4.78 is 36.7. The van der Waals surface area contributed by atoms with Crippen LogP contribution >= 0.6 is 0 Å². The van der Waals surface area contributed by atoms with E-state index in [1.165, 1.54) is 13.1 Å². The van der Waals surface area contributed by atoms with Gasteiger partial charge in [-0.05, 0) is 13.8 Å². The molecule has 0 fully saturated rings. The summed E-state index contributed by atoms with van der Waals surface area (Å²) in [5.74, 6) is 1.22. The molecule has 0 saturated carbocycles. The van der Waals surface area contributed by atoms with E-state index in [2.05, 4.69) is 15.3 Å². The summed E-state index contributed by atoms with van der Waals surface area (Å²) in [5, 5.41) is 2.95. The van der Waals surface area contributed by atoms with Crippen molar-refractivity contribution in [1.82, 2.24) is 9.97 Å². The van der Waals surface area contributed by atoms with Gasteiger partial charge < -0.3 is 10.2 Å². The van der Waals surface area contributed by atoms with E-state index in [0.717, 1.165) is 4.90 Å². The molecule has 0 radical (unpaired) electrons. The molecule has 0 aliphatic rings. The molecule has 1 rings (SSSR count). The molecule has 0 unspecified atom stereocenters. The first-order valence-electron chi connectivity index (χ1n) is 5.19. The van der Waals surface area contributed by atoms with Crippen molar-refractivity contribution in [3.8, 4) is 0 Å². The Kier molecular flexibility index (Phi) is 4.14. The van der Waals surface area contributed by atoms with Gasteiger partial charge in [-0.2, -0.15) is 13.2 Å². The van der Waals surface area contributed by atoms with E-state index >= 15 is 0 Å². The largest absolute Gasteiger partial charge is 0.405 e. The predicted molar refractivity (Wildman–Crippen MR) is 60.3 cm³/mol. The maximum absolute atomic E-state index is 12.2. The molecular formula is C10H15F3N4. The van der Waals surface area contributed by atoms with Gasteiger partial charge in [0.2, 0.25) is 0 Å². The average Bonchev–Trinajstić information content (AvgIpc) is 2.14. The normalized spacial score (nSPS) is 11.4. The molecule has 0 amide bonds. The fourth-order valence-corrected chi connectivity index (χ4v) is 1.37. The fraction of sp³-hybridized carbons (Fsp3) is 0.600. The maximum atomic E-state index is 12.2. The molecule has 1 N–H and O–H groups in total. The topological polar surface area (TPSA) is 41.0 Å². The molecule has 0 aliphatic heterocycles. The van der Waals surface area contributed by atoms with Gasteiger partial charge in [0.25, 0.3) is 0 Å². The number of rotatable bonds is 4. The van der Waals surface area contributed by atoms with Crippen LogP contribution in [0.4, 0.5) is 24.8 Å². The number of alkyl halides is 3. The van der Waals surface area contributed by atoms with Crippen LogP contribution in [0.1, 0.15) is 12.7 Å². The zero-order chi connectivity index (χ0) is 13.1. The number of aryl methyl sites for hydroxylation is 1. The predicted octanol–water partition coefficient (Wildman–Crippen LogP) is 2.22. The number of anilines is 2. The van der Waals surface area contributed by atoms with Crippen LogP contribution in [0.5, 0.6) is 0 Å². The number of hydrogen-bond acceptors (Lipinski definition) is 4. The van der Waals surface area contributed by atoms with Gasteiger partial charge in [0.05, 0.1) is 0 Å². The summed E-state index contributed by atoms with van der Waals surface area (Å²) in [6, 6.07) is 1.50. The number of hydrogen-bond donors (Lipinski definition) is 1. The van der Waals surface area contributed by atoms with Crippen molar-refractivity contribution in [2.45, 2.75) is 20.0 Å². The maximum Gasteiger partial charge on any atom is 0.405 e. The quantitative estimate of drug-likeness (QED) is 0.887. The average molecular weight is 248 g/mol. The first kappa shape index (κ1) is 13.5. The molecule has 7 heteroatoms.